The number of hydrogen-bond acceptors (Lipinski definition) is 4. The molecular formula is C57H35N5O. The van der Waals surface area contributed by atoms with E-state index < -0.39 is 0 Å². The number of aromatic nitrogens is 4. The van der Waals surface area contributed by atoms with Gasteiger partial charge in [-0.05, 0) is 125 Å². The molecule has 0 bridgehead atoms. The molecule has 1 aliphatic rings. The van der Waals surface area contributed by atoms with Crippen molar-refractivity contribution in [2.45, 2.75) is 12.3 Å². The molecular weight excluding hydrogens is 771 g/mol. The molecule has 6 nitrogen and oxygen atoms in total. The van der Waals surface area contributed by atoms with Crippen molar-refractivity contribution >= 4 is 71.6 Å². The number of allylic oxidation sites excluding steroid dienone is 1. The monoisotopic (exact) mass is 805 g/mol. The first-order valence-corrected chi connectivity index (χ1v) is 21.3. The van der Waals surface area contributed by atoms with Crippen LogP contribution in [0.3, 0.4) is 0 Å². The number of nitrogens with zero attached hydrogens (tertiary/aromatic N) is 5. The summed E-state index contributed by atoms with van der Waals surface area (Å²) in [5, 5.41) is 16.7. The fourth-order valence-corrected chi connectivity index (χ4v) is 10.0. The number of para-hydroxylation sites is 3. The Bertz CT molecular complexity index is 3900. The highest BCUT2D eigenvalue weighted by Crippen LogP contribution is 2.46. The molecule has 1 aliphatic carbocycles. The van der Waals surface area contributed by atoms with Crippen LogP contribution in [0.1, 0.15) is 34.9 Å². The molecule has 63 heavy (non-hydrogen) atoms. The molecule has 0 aliphatic heterocycles. The lowest BCUT2D eigenvalue weighted by molar-refractivity contribution is 0.647. The van der Waals surface area contributed by atoms with Crippen LogP contribution in [0.2, 0.25) is 0 Å². The molecule has 0 spiro atoms. The van der Waals surface area contributed by atoms with Gasteiger partial charge in [0.05, 0.1) is 39.6 Å². The van der Waals surface area contributed by atoms with Gasteiger partial charge in [-0.15, -0.1) is 0 Å². The van der Waals surface area contributed by atoms with Gasteiger partial charge >= 0.3 is 0 Å². The lowest BCUT2D eigenvalue weighted by Gasteiger charge is -2.21. The summed E-state index contributed by atoms with van der Waals surface area (Å²) in [5.74, 6) is 0.539. The van der Waals surface area contributed by atoms with Crippen LogP contribution in [0.15, 0.2) is 192 Å². The first kappa shape index (κ1) is 35.2. The number of fused-ring (bicyclic) bond motifs is 10. The Morgan fingerprint density at radius 2 is 1.24 bits per heavy atom. The summed E-state index contributed by atoms with van der Waals surface area (Å²) in [7, 11) is 0. The van der Waals surface area contributed by atoms with Crippen LogP contribution < -0.4 is 0 Å². The van der Waals surface area contributed by atoms with Crippen molar-refractivity contribution in [3.63, 3.8) is 0 Å². The third kappa shape index (κ3) is 5.43. The minimum absolute atomic E-state index is 0.108. The SMILES string of the molecule is N#Cc1cccc(-c2ccc3c(c2)oc2c(C4CC=Cc5c4c4ccccc4n5-c4ccccc4)nc(-c4ccc(-n5c6ccccc6c6cc7ccccc7cc65)cc4)nc23)c1. The van der Waals surface area contributed by atoms with Gasteiger partial charge in [-0.25, -0.2) is 9.97 Å². The van der Waals surface area contributed by atoms with Gasteiger partial charge in [0.15, 0.2) is 11.4 Å². The van der Waals surface area contributed by atoms with Gasteiger partial charge in [0.2, 0.25) is 0 Å². The number of benzene rings is 8. The second-order valence-corrected chi connectivity index (χ2v) is 16.4. The van der Waals surface area contributed by atoms with Crippen LogP contribution >= 0.6 is 0 Å². The molecule has 0 radical (unpaired) electrons. The topological polar surface area (TPSA) is 72.6 Å². The molecule has 6 heteroatoms. The van der Waals surface area contributed by atoms with Crippen molar-refractivity contribution in [2.75, 3.05) is 0 Å². The molecule has 0 saturated carbocycles. The maximum absolute atomic E-state index is 9.64. The van der Waals surface area contributed by atoms with Crippen molar-refractivity contribution in [3.05, 3.63) is 211 Å². The summed E-state index contributed by atoms with van der Waals surface area (Å²) in [6, 6.07) is 66.0. The van der Waals surface area contributed by atoms with E-state index in [2.05, 4.69) is 185 Å². The van der Waals surface area contributed by atoms with Crippen LogP contribution in [0.4, 0.5) is 0 Å². The van der Waals surface area contributed by atoms with E-state index in [4.69, 9.17) is 14.4 Å². The van der Waals surface area contributed by atoms with Crippen molar-refractivity contribution < 1.29 is 4.42 Å². The molecule has 0 fully saturated rings. The largest absolute Gasteiger partial charge is 0.452 e. The van der Waals surface area contributed by atoms with E-state index in [0.717, 1.165) is 73.4 Å². The third-order valence-electron chi connectivity index (χ3n) is 12.9. The van der Waals surface area contributed by atoms with E-state index >= 15 is 0 Å². The van der Waals surface area contributed by atoms with Crippen LogP contribution in [0.25, 0.3) is 106 Å². The second kappa shape index (κ2) is 13.8. The number of furan rings is 1. The quantitative estimate of drug-likeness (QED) is 0.174. The third-order valence-corrected chi connectivity index (χ3v) is 12.9. The summed E-state index contributed by atoms with van der Waals surface area (Å²) in [4.78, 5) is 10.9. The Morgan fingerprint density at radius 1 is 0.540 bits per heavy atom. The molecule has 0 N–H and O–H groups in total. The standard InChI is InChI=1S/C57H35N5O/c58-34-35-12-10-15-37(30-35)40-26-29-45-52(33-40)63-56-54(45)59-57(60-55(56)46-20-11-23-50-53(46)44-19-7-9-22-49(44)61(50)41-16-2-1-3-17-41)36-24-27-42(28-25-36)62-48-21-8-6-18-43(48)47-31-38-13-4-5-14-39(38)32-51(47)62/h1-19,21-33,46H,20H2. The van der Waals surface area contributed by atoms with Gasteiger partial charge in [-0.2, -0.15) is 5.26 Å². The van der Waals surface area contributed by atoms with E-state index in [-0.39, 0.29) is 5.92 Å². The summed E-state index contributed by atoms with van der Waals surface area (Å²) < 4.78 is 11.6. The zero-order chi connectivity index (χ0) is 41.6. The van der Waals surface area contributed by atoms with Gasteiger partial charge in [-0.1, -0.05) is 103 Å². The highest BCUT2D eigenvalue weighted by molar-refractivity contribution is 6.13. The molecule has 13 rings (SSSR count). The molecule has 0 amide bonds. The summed E-state index contributed by atoms with van der Waals surface area (Å²) in [6.45, 7) is 0. The Labute approximate surface area is 361 Å². The van der Waals surface area contributed by atoms with E-state index in [9.17, 15) is 5.26 Å². The maximum Gasteiger partial charge on any atom is 0.176 e. The normalized spacial score (nSPS) is 13.7. The van der Waals surface area contributed by atoms with Crippen LogP contribution in [0, 0.1) is 11.3 Å². The predicted molar refractivity (Wildman–Crippen MR) is 256 cm³/mol. The first-order chi connectivity index (χ1) is 31.2. The fraction of sp³-hybridized carbons (Fsp3) is 0.0351. The summed E-state index contributed by atoms with van der Waals surface area (Å²) in [5.41, 5.74) is 14.6. The van der Waals surface area contributed by atoms with Gasteiger partial charge in [0.1, 0.15) is 11.1 Å². The average Bonchev–Trinajstić information content (AvgIpc) is 4.00. The van der Waals surface area contributed by atoms with Crippen molar-refractivity contribution in [3.8, 4) is 40.0 Å². The zero-order valence-corrected chi connectivity index (χ0v) is 33.9. The van der Waals surface area contributed by atoms with E-state index in [1.165, 1.54) is 38.0 Å². The highest BCUT2D eigenvalue weighted by atomic mass is 16.3. The van der Waals surface area contributed by atoms with Gasteiger partial charge < -0.3 is 13.6 Å². The van der Waals surface area contributed by atoms with Crippen molar-refractivity contribution in [1.82, 2.24) is 19.1 Å². The van der Waals surface area contributed by atoms with Crippen LogP contribution in [-0.2, 0) is 0 Å². The van der Waals surface area contributed by atoms with Gasteiger partial charge in [0.25, 0.3) is 0 Å². The van der Waals surface area contributed by atoms with Crippen LogP contribution in [0.5, 0.6) is 0 Å². The van der Waals surface area contributed by atoms with Gasteiger partial charge in [0, 0.05) is 44.4 Å². The Hall–Kier alpha value is -8.53. The van der Waals surface area contributed by atoms with E-state index in [0.29, 0.717) is 17.0 Å². The Balaban J connectivity index is 1.01. The summed E-state index contributed by atoms with van der Waals surface area (Å²) >= 11 is 0. The second-order valence-electron chi connectivity index (χ2n) is 16.4. The lowest BCUT2D eigenvalue weighted by atomic mass is 9.86. The highest BCUT2D eigenvalue weighted by Gasteiger charge is 2.31. The Kier molecular flexibility index (Phi) is 7.69. The van der Waals surface area contributed by atoms with Crippen LogP contribution in [-0.4, -0.2) is 19.1 Å². The minimum atomic E-state index is -0.108. The molecule has 1 atom stereocenters. The number of rotatable bonds is 5. The Morgan fingerprint density at radius 3 is 2.06 bits per heavy atom. The molecule has 1 unspecified atom stereocenters. The van der Waals surface area contributed by atoms with E-state index in [1.54, 1.807) is 0 Å². The number of hydrogen-bond donors (Lipinski definition) is 0. The fourth-order valence-electron chi connectivity index (χ4n) is 10.0. The molecule has 0 saturated heterocycles. The molecule has 294 valence electrons. The maximum atomic E-state index is 9.64. The summed E-state index contributed by atoms with van der Waals surface area (Å²) in [6.07, 6.45) is 5.28. The molecule has 4 aromatic heterocycles. The molecule has 8 aromatic carbocycles. The smallest absolute Gasteiger partial charge is 0.176 e. The lowest BCUT2D eigenvalue weighted by Crippen LogP contribution is -2.10. The average molecular weight is 806 g/mol. The van der Waals surface area contributed by atoms with E-state index in [1.807, 2.05) is 24.3 Å². The van der Waals surface area contributed by atoms with Gasteiger partial charge in [-0.3, -0.25) is 0 Å². The zero-order valence-electron chi connectivity index (χ0n) is 33.9. The van der Waals surface area contributed by atoms with Crippen molar-refractivity contribution in [2.24, 2.45) is 0 Å². The van der Waals surface area contributed by atoms with Crippen molar-refractivity contribution in [1.29, 1.82) is 5.26 Å². The predicted octanol–water partition coefficient (Wildman–Crippen LogP) is 14.3. The molecule has 12 aromatic rings. The minimum Gasteiger partial charge on any atom is -0.452 e. The number of nitriles is 1. The molecule has 4 heterocycles. The first-order valence-electron chi connectivity index (χ1n) is 21.3.